The number of benzene rings is 11. The monoisotopic (exact) mass is 926 g/mol. The molecule has 3 aromatic heterocycles. The summed E-state index contributed by atoms with van der Waals surface area (Å²) in [6.07, 6.45) is 0. The fraction of sp³-hybridized carbons (Fsp3) is 0.0145. The maximum atomic E-state index is 5.73. The molecule has 0 atom stereocenters. The molecule has 14 aromatic rings. The van der Waals surface area contributed by atoms with E-state index < -0.39 is 5.41 Å². The zero-order chi connectivity index (χ0) is 47.8. The van der Waals surface area contributed by atoms with Crippen molar-refractivity contribution in [1.82, 2.24) is 19.1 Å². The minimum atomic E-state index is -0.491. The van der Waals surface area contributed by atoms with E-state index in [9.17, 15) is 0 Å². The molecule has 2 aliphatic carbocycles. The van der Waals surface area contributed by atoms with E-state index in [1.807, 2.05) is 0 Å². The summed E-state index contributed by atoms with van der Waals surface area (Å²) in [4.78, 5) is 10.9. The van der Waals surface area contributed by atoms with Crippen molar-refractivity contribution in [1.29, 1.82) is 0 Å². The molecule has 0 saturated carbocycles. The van der Waals surface area contributed by atoms with Crippen molar-refractivity contribution < 1.29 is 0 Å². The SMILES string of the molecule is c1ccc(-c2nc3ccccc3n2-c2ccc(-c3cc(-c4nc5ccccc5c5cc6c(cc45)C4(c5ccccc5-c5ccccc54)c4ccccc4-6)cc(-n4c5ccccc5c5ccccc54)c3)cc2)cc1. The van der Waals surface area contributed by atoms with Crippen molar-refractivity contribution in [2.45, 2.75) is 5.41 Å². The first-order valence-electron chi connectivity index (χ1n) is 25.1. The van der Waals surface area contributed by atoms with Crippen LogP contribution in [-0.4, -0.2) is 19.1 Å². The summed E-state index contributed by atoms with van der Waals surface area (Å²) in [6, 6.07) is 93.4. The molecule has 0 fully saturated rings. The van der Waals surface area contributed by atoms with E-state index in [0.717, 1.165) is 83.5 Å². The van der Waals surface area contributed by atoms with Crippen LogP contribution in [0.15, 0.2) is 255 Å². The number of fused-ring (bicyclic) bond motifs is 17. The number of imidazole rings is 1. The third-order valence-corrected chi connectivity index (χ3v) is 15.9. The molecule has 4 heteroatoms. The van der Waals surface area contributed by atoms with Gasteiger partial charge in [0.15, 0.2) is 0 Å². The molecule has 3 heterocycles. The lowest BCUT2D eigenvalue weighted by Crippen LogP contribution is -2.25. The van der Waals surface area contributed by atoms with Gasteiger partial charge in [-0.05, 0) is 134 Å². The van der Waals surface area contributed by atoms with Gasteiger partial charge in [0.1, 0.15) is 5.82 Å². The fourth-order valence-corrected chi connectivity index (χ4v) is 12.9. The van der Waals surface area contributed by atoms with Crippen LogP contribution in [0.4, 0.5) is 0 Å². The summed E-state index contributed by atoms with van der Waals surface area (Å²) in [5.41, 5.74) is 22.7. The Bertz CT molecular complexity index is 4510. The number of hydrogen-bond donors (Lipinski definition) is 0. The van der Waals surface area contributed by atoms with Crippen LogP contribution in [0.1, 0.15) is 22.3 Å². The van der Waals surface area contributed by atoms with Crippen molar-refractivity contribution in [2.75, 3.05) is 0 Å². The van der Waals surface area contributed by atoms with Gasteiger partial charge < -0.3 is 4.57 Å². The van der Waals surface area contributed by atoms with Gasteiger partial charge in [-0.1, -0.05) is 182 Å². The highest BCUT2D eigenvalue weighted by Crippen LogP contribution is 2.63. The van der Waals surface area contributed by atoms with Crippen LogP contribution in [0.5, 0.6) is 0 Å². The minimum absolute atomic E-state index is 0.491. The molecule has 0 saturated heterocycles. The minimum Gasteiger partial charge on any atom is -0.309 e. The maximum absolute atomic E-state index is 5.73. The largest absolute Gasteiger partial charge is 0.309 e. The van der Waals surface area contributed by atoms with Crippen LogP contribution in [-0.2, 0) is 5.41 Å². The molecule has 338 valence electrons. The number of para-hydroxylation sites is 5. The van der Waals surface area contributed by atoms with Gasteiger partial charge in [0.05, 0.1) is 38.7 Å². The summed E-state index contributed by atoms with van der Waals surface area (Å²) < 4.78 is 4.72. The molecule has 16 rings (SSSR count). The smallest absolute Gasteiger partial charge is 0.145 e. The standard InChI is InChI=1S/C69H42N4/c1-2-18-44(19-3-1)68-71-63-30-14-17-33-66(63)73(68)47-36-34-43(35-37-47)45-38-46(40-48(39-45)72-64-31-15-8-24-53(64)54-25-9-16-32-65(54)72)67-57-42-61-56(41-55(57)52-23-7-13-29-62(52)70-67)51-22-6-12-28-60(51)69(61)58-26-10-4-20-49(58)50-21-5-11-27-59(50)69/h1-42H. The Morgan fingerprint density at radius 3 is 1.48 bits per heavy atom. The Labute approximate surface area is 421 Å². The third kappa shape index (κ3) is 5.60. The molecule has 0 N–H and O–H groups in total. The van der Waals surface area contributed by atoms with Gasteiger partial charge in [0.25, 0.3) is 0 Å². The number of hydrogen-bond acceptors (Lipinski definition) is 2. The molecule has 73 heavy (non-hydrogen) atoms. The lowest BCUT2D eigenvalue weighted by molar-refractivity contribution is 0.795. The topological polar surface area (TPSA) is 35.6 Å². The van der Waals surface area contributed by atoms with E-state index in [-0.39, 0.29) is 0 Å². The summed E-state index contributed by atoms with van der Waals surface area (Å²) >= 11 is 0. The van der Waals surface area contributed by atoms with E-state index in [2.05, 4.69) is 264 Å². The predicted octanol–water partition coefficient (Wildman–Crippen LogP) is 17.2. The Morgan fingerprint density at radius 2 is 0.808 bits per heavy atom. The first-order valence-corrected chi connectivity index (χ1v) is 25.1. The van der Waals surface area contributed by atoms with Crippen molar-refractivity contribution >= 4 is 54.5 Å². The lowest BCUT2D eigenvalue weighted by Gasteiger charge is -2.30. The van der Waals surface area contributed by atoms with E-state index in [4.69, 9.17) is 9.97 Å². The molecule has 0 unspecified atom stereocenters. The summed E-state index contributed by atoms with van der Waals surface area (Å²) in [5.74, 6) is 0.917. The van der Waals surface area contributed by atoms with Crippen LogP contribution in [0.2, 0.25) is 0 Å². The summed E-state index contributed by atoms with van der Waals surface area (Å²) in [5, 5.41) is 5.92. The highest BCUT2D eigenvalue weighted by molar-refractivity contribution is 6.15. The highest BCUT2D eigenvalue weighted by Gasteiger charge is 2.51. The second-order valence-corrected chi connectivity index (χ2v) is 19.6. The second kappa shape index (κ2) is 15.2. The molecule has 1 spiro atoms. The van der Waals surface area contributed by atoms with Gasteiger partial charge in [-0.25, -0.2) is 9.97 Å². The number of aromatic nitrogens is 4. The van der Waals surface area contributed by atoms with E-state index in [1.54, 1.807) is 0 Å². The van der Waals surface area contributed by atoms with Crippen LogP contribution >= 0.6 is 0 Å². The van der Waals surface area contributed by atoms with Gasteiger partial charge in [-0.15, -0.1) is 0 Å². The van der Waals surface area contributed by atoms with Crippen LogP contribution in [0, 0.1) is 0 Å². The van der Waals surface area contributed by atoms with Gasteiger partial charge in [0.2, 0.25) is 0 Å². The molecular weight excluding hydrogens is 885 g/mol. The first-order chi connectivity index (χ1) is 36.2. The van der Waals surface area contributed by atoms with Crippen molar-refractivity contribution in [2.24, 2.45) is 0 Å². The number of pyridine rings is 1. The average molecular weight is 927 g/mol. The normalized spacial score (nSPS) is 13.0. The zero-order valence-corrected chi connectivity index (χ0v) is 39.5. The van der Waals surface area contributed by atoms with Gasteiger partial charge in [0, 0.05) is 44.0 Å². The number of nitrogens with zero attached hydrogens (tertiary/aromatic N) is 4. The van der Waals surface area contributed by atoms with E-state index in [1.165, 1.54) is 60.7 Å². The summed E-state index contributed by atoms with van der Waals surface area (Å²) in [6.45, 7) is 0. The molecule has 2 aliphatic rings. The van der Waals surface area contributed by atoms with Gasteiger partial charge in [-0.2, -0.15) is 0 Å². The van der Waals surface area contributed by atoms with Crippen LogP contribution in [0.3, 0.4) is 0 Å². The van der Waals surface area contributed by atoms with Crippen molar-refractivity contribution in [3.63, 3.8) is 0 Å². The Kier molecular flexibility index (Phi) is 8.35. The molecule has 0 aliphatic heterocycles. The number of rotatable bonds is 5. The molecular formula is C69H42N4. The maximum Gasteiger partial charge on any atom is 0.145 e. The molecule has 4 nitrogen and oxygen atoms in total. The predicted molar refractivity (Wildman–Crippen MR) is 301 cm³/mol. The van der Waals surface area contributed by atoms with Gasteiger partial charge >= 0.3 is 0 Å². The zero-order valence-electron chi connectivity index (χ0n) is 39.5. The van der Waals surface area contributed by atoms with Crippen LogP contribution < -0.4 is 0 Å². The van der Waals surface area contributed by atoms with Crippen molar-refractivity contribution in [3.05, 3.63) is 277 Å². The Balaban J connectivity index is 0.969. The summed E-state index contributed by atoms with van der Waals surface area (Å²) in [7, 11) is 0. The molecule has 0 bridgehead atoms. The quantitative estimate of drug-likeness (QED) is 0.161. The van der Waals surface area contributed by atoms with E-state index >= 15 is 0 Å². The molecule has 0 amide bonds. The van der Waals surface area contributed by atoms with Gasteiger partial charge in [-0.3, -0.25) is 4.57 Å². The fourth-order valence-electron chi connectivity index (χ4n) is 12.9. The van der Waals surface area contributed by atoms with Crippen molar-refractivity contribution in [3.8, 4) is 67.4 Å². The third-order valence-electron chi connectivity index (χ3n) is 15.9. The highest BCUT2D eigenvalue weighted by atomic mass is 15.1. The van der Waals surface area contributed by atoms with E-state index in [0.29, 0.717) is 0 Å². The Hall–Kier alpha value is -9.64. The molecule has 11 aromatic carbocycles. The molecule has 0 radical (unpaired) electrons. The van der Waals surface area contributed by atoms with Crippen LogP contribution in [0.25, 0.3) is 122 Å². The first kappa shape index (κ1) is 40.1. The Morgan fingerprint density at radius 1 is 0.274 bits per heavy atom. The lowest BCUT2D eigenvalue weighted by atomic mass is 9.70. The average Bonchev–Trinajstić information content (AvgIpc) is 4.19. The second-order valence-electron chi connectivity index (χ2n) is 19.6.